The lowest BCUT2D eigenvalue weighted by Gasteiger charge is -2.23. The maximum Gasteiger partial charge on any atom is 0.0771 e. The van der Waals surface area contributed by atoms with Gasteiger partial charge in [0, 0.05) is 10.6 Å². The molecule has 0 bridgehead atoms. The Kier molecular flexibility index (Phi) is 2.14. The number of nitrogens with zero attached hydrogens (tertiary/aromatic N) is 1. The van der Waals surface area contributed by atoms with Crippen LogP contribution in [0, 0.1) is 0 Å². The van der Waals surface area contributed by atoms with Crippen molar-refractivity contribution in [3.8, 4) is 0 Å². The zero-order valence-electron chi connectivity index (χ0n) is 8.97. The van der Waals surface area contributed by atoms with Crippen LogP contribution in [0.2, 0.25) is 0 Å². The van der Waals surface area contributed by atoms with Crippen LogP contribution < -0.4 is 5.73 Å². The van der Waals surface area contributed by atoms with Crippen LogP contribution in [-0.2, 0) is 0 Å². The van der Waals surface area contributed by atoms with Crippen molar-refractivity contribution in [2.75, 3.05) is 5.73 Å². The monoisotopic (exact) mass is 228 g/mol. The minimum atomic E-state index is 0.347. The zero-order chi connectivity index (χ0) is 11.1. The predicted octanol–water partition coefficient (Wildman–Crippen LogP) is 3.33. The van der Waals surface area contributed by atoms with Gasteiger partial charge in [-0.2, -0.15) is 0 Å². The minimum Gasteiger partial charge on any atom is -0.399 e. The average Bonchev–Trinajstić information content (AvgIpc) is 2.26. The topological polar surface area (TPSA) is 38.4 Å². The molecule has 1 aliphatic heterocycles. The molecule has 0 saturated carbocycles. The average molecular weight is 228 g/mol. The fourth-order valence-corrected chi connectivity index (χ4v) is 3.13. The van der Waals surface area contributed by atoms with Crippen LogP contribution in [0.5, 0.6) is 0 Å². The molecule has 0 spiro atoms. The normalized spacial score (nSPS) is 21.9. The van der Waals surface area contributed by atoms with Crippen molar-refractivity contribution in [2.24, 2.45) is 4.99 Å². The van der Waals surface area contributed by atoms with Crippen molar-refractivity contribution in [1.29, 1.82) is 0 Å². The Morgan fingerprint density at radius 3 is 3.06 bits per heavy atom. The summed E-state index contributed by atoms with van der Waals surface area (Å²) >= 11 is 1.82. The third kappa shape index (κ3) is 1.57. The van der Waals surface area contributed by atoms with Crippen LogP contribution in [0.4, 0.5) is 11.4 Å². The maximum atomic E-state index is 5.79. The molecule has 3 heteroatoms. The number of allylic oxidation sites excluding steroid dienone is 3. The molecule has 1 aliphatic carbocycles. The minimum absolute atomic E-state index is 0.347. The number of anilines is 1. The first kappa shape index (κ1) is 9.73. The van der Waals surface area contributed by atoms with E-state index in [1.807, 2.05) is 30.0 Å². The molecule has 0 saturated heterocycles. The first-order valence-corrected chi connectivity index (χ1v) is 6.11. The molecule has 1 aromatic carbocycles. The number of benzene rings is 1. The molecule has 2 aliphatic rings. The molecule has 0 aromatic heterocycles. The Bertz CT molecular complexity index is 541. The van der Waals surface area contributed by atoms with Crippen molar-refractivity contribution < 1.29 is 0 Å². The van der Waals surface area contributed by atoms with Gasteiger partial charge in [0.1, 0.15) is 0 Å². The molecule has 0 amide bonds. The lowest BCUT2D eigenvalue weighted by atomic mass is 10.1. The first-order valence-electron chi connectivity index (χ1n) is 5.24. The molecule has 16 heavy (non-hydrogen) atoms. The number of aliphatic imine (C=N–C) groups is 1. The number of hydrogen-bond acceptors (Lipinski definition) is 3. The molecular formula is C13H12N2S. The van der Waals surface area contributed by atoms with Crippen LogP contribution in [0.25, 0.3) is 0 Å². The Balaban J connectivity index is 2.09. The Morgan fingerprint density at radius 2 is 2.19 bits per heavy atom. The highest BCUT2D eigenvalue weighted by Crippen LogP contribution is 2.40. The van der Waals surface area contributed by atoms with E-state index in [0.717, 1.165) is 17.1 Å². The van der Waals surface area contributed by atoms with Gasteiger partial charge in [0.05, 0.1) is 16.6 Å². The number of hydrogen-bond donors (Lipinski definition) is 1. The third-order valence-electron chi connectivity index (χ3n) is 2.71. The van der Waals surface area contributed by atoms with Gasteiger partial charge in [0.2, 0.25) is 0 Å². The summed E-state index contributed by atoms with van der Waals surface area (Å²) in [5, 5.41) is 0.347. The van der Waals surface area contributed by atoms with Crippen molar-refractivity contribution in [3.63, 3.8) is 0 Å². The molecule has 0 fully saturated rings. The van der Waals surface area contributed by atoms with E-state index in [9.17, 15) is 0 Å². The van der Waals surface area contributed by atoms with Crippen molar-refractivity contribution in [1.82, 2.24) is 0 Å². The standard InChI is InChI=1S/C13H12N2S/c1-8-2-4-10-12(6-8)16-13-7-9(14)3-5-11(13)15-10/h2-7,12H,14H2,1H3. The molecular weight excluding hydrogens is 216 g/mol. The lowest BCUT2D eigenvalue weighted by Crippen LogP contribution is -2.18. The molecule has 3 rings (SSSR count). The van der Waals surface area contributed by atoms with Crippen LogP contribution in [0.15, 0.2) is 51.9 Å². The van der Waals surface area contributed by atoms with Crippen molar-refractivity contribution >= 4 is 28.8 Å². The van der Waals surface area contributed by atoms with Gasteiger partial charge in [0.15, 0.2) is 0 Å². The van der Waals surface area contributed by atoms with Crippen LogP contribution in [0.3, 0.4) is 0 Å². The first-order chi connectivity index (χ1) is 7.72. The van der Waals surface area contributed by atoms with Gasteiger partial charge in [-0.25, -0.2) is 0 Å². The van der Waals surface area contributed by atoms with Gasteiger partial charge >= 0.3 is 0 Å². The summed E-state index contributed by atoms with van der Waals surface area (Å²) in [6.07, 6.45) is 6.46. The second kappa shape index (κ2) is 3.52. The summed E-state index contributed by atoms with van der Waals surface area (Å²) in [5.74, 6) is 0. The van der Waals surface area contributed by atoms with E-state index in [1.165, 1.54) is 10.5 Å². The van der Waals surface area contributed by atoms with Gasteiger partial charge in [-0.15, -0.1) is 11.8 Å². The number of fused-ring (bicyclic) bond motifs is 2. The summed E-state index contributed by atoms with van der Waals surface area (Å²) in [5.41, 5.74) is 10.0. The zero-order valence-corrected chi connectivity index (χ0v) is 9.79. The van der Waals surface area contributed by atoms with Crippen LogP contribution >= 0.6 is 11.8 Å². The molecule has 0 radical (unpaired) electrons. The molecule has 2 nitrogen and oxygen atoms in total. The maximum absolute atomic E-state index is 5.79. The van der Waals surface area contributed by atoms with Crippen LogP contribution in [-0.4, -0.2) is 11.0 Å². The highest BCUT2D eigenvalue weighted by Gasteiger charge is 2.22. The Labute approximate surface area is 99.0 Å². The number of nitrogen functional groups attached to an aromatic ring is 1. The Hall–Kier alpha value is -1.48. The number of nitrogens with two attached hydrogens (primary N) is 1. The van der Waals surface area contributed by atoms with Gasteiger partial charge in [-0.1, -0.05) is 17.7 Å². The van der Waals surface area contributed by atoms with Gasteiger partial charge in [-0.05, 0) is 31.2 Å². The van der Waals surface area contributed by atoms with E-state index in [1.54, 1.807) is 0 Å². The molecule has 1 heterocycles. The quantitative estimate of drug-likeness (QED) is 0.692. The second-order valence-electron chi connectivity index (χ2n) is 4.05. The molecule has 2 N–H and O–H groups in total. The summed E-state index contributed by atoms with van der Waals surface area (Å²) in [7, 11) is 0. The molecule has 1 atom stereocenters. The largest absolute Gasteiger partial charge is 0.399 e. The summed E-state index contributed by atoms with van der Waals surface area (Å²) in [4.78, 5) is 5.83. The van der Waals surface area contributed by atoms with Crippen molar-refractivity contribution in [3.05, 3.63) is 42.0 Å². The second-order valence-corrected chi connectivity index (χ2v) is 5.23. The lowest BCUT2D eigenvalue weighted by molar-refractivity contribution is 1.27. The van der Waals surface area contributed by atoms with Gasteiger partial charge in [-0.3, -0.25) is 4.99 Å². The highest BCUT2D eigenvalue weighted by atomic mass is 32.2. The predicted molar refractivity (Wildman–Crippen MR) is 70.5 cm³/mol. The smallest absolute Gasteiger partial charge is 0.0771 e. The summed E-state index contributed by atoms with van der Waals surface area (Å²) in [6, 6.07) is 5.89. The van der Waals surface area contributed by atoms with E-state index in [-0.39, 0.29) is 0 Å². The fraction of sp³-hybridized carbons (Fsp3) is 0.154. The molecule has 1 unspecified atom stereocenters. The van der Waals surface area contributed by atoms with E-state index in [2.05, 4.69) is 30.1 Å². The number of thioether (sulfide) groups is 1. The molecule has 1 aromatic rings. The number of rotatable bonds is 0. The van der Waals surface area contributed by atoms with Crippen LogP contribution in [0.1, 0.15) is 6.92 Å². The Morgan fingerprint density at radius 1 is 1.31 bits per heavy atom. The summed E-state index contributed by atoms with van der Waals surface area (Å²) < 4.78 is 0. The van der Waals surface area contributed by atoms with E-state index >= 15 is 0 Å². The van der Waals surface area contributed by atoms with E-state index in [0.29, 0.717) is 5.25 Å². The third-order valence-corrected chi connectivity index (χ3v) is 3.92. The summed E-state index contributed by atoms with van der Waals surface area (Å²) in [6.45, 7) is 2.11. The van der Waals surface area contributed by atoms with E-state index in [4.69, 9.17) is 5.73 Å². The van der Waals surface area contributed by atoms with E-state index < -0.39 is 0 Å². The van der Waals surface area contributed by atoms with Crippen molar-refractivity contribution in [2.45, 2.75) is 17.1 Å². The SMILES string of the molecule is CC1=CC2Sc3cc(N)ccc3N=C2C=C1. The molecule has 80 valence electrons. The van der Waals surface area contributed by atoms with Gasteiger partial charge < -0.3 is 5.73 Å². The van der Waals surface area contributed by atoms with Gasteiger partial charge in [0.25, 0.3) is 0 Å². The fourth-order valence-electron chi connectivity index (χ4n) is 1.88. The highest BCUT2D eigenvalue weighted by molar-refractivity contribution is 8.01.